The number of nitrogens with zero attached hydrogens (tertiary/aromatic N) is 2. The zero-order valence-corrected chi connectivity index (χ0v) is 9.43. The second-order valence-corrected chi connectivity index (χ2v) is 3.43. The molecule has 4 nitrogen and oxygen atoms in total. The van der Waals surface area contributed by atoms with Crippen LogP contribution in [0.15, 0.2) is 24.3 Å². The van der Waals surface area contributed by atoms with Crippen LogP contribution in [0.1, 0.15) is 6.42 Å². The van der Waals surface area contributed by atoms with Gasteiger partial charge in [-0.25, -0.2) is 0 Å². The van der Waals surface area contributed by atoms with Crippen molar-refractivity contribution in [3.8, 4) is 11.8 Å². The van der Waals surface area contributed by atoms with Crippen LogP contribution >= 0.6 is 0 Å². The van der Waals surface area contributed by atoms with E-state index in [1.165, 1.54) is 0 Å². The summed E-state index contributed by atoms with van der Waals surface area (Å²) in [7, 11) is 3.42. The molecule has 0 bridgehead atoms. The van der Waals surface area contributed by atoms with Gasteiger partial charge in [0.15, 0.2) is 5.78 Å². The molecule has 0 saturated carbocycles. The van der Waals surface area contributed by atoms with Gasteiger partial charge in [0.05, 0.1) is 26.1 Å². The number of nitriles is 1. The van der Waals surface area contributed by atoms with Gasteiger partial charge in [-0.15, -0.1) is 0 Å². The molecule has 84 valence electrons. The predicted molar refractivity (Wildman–Crippen MR) is 61.5 cm³/mol. The normalized spacial score (nSPS) is 9.31. The number of carbonyl (C=O) groups excluding carboxylic acids is 1. The first-order valence-corrected chi connectivity index (χ1v) is 4.91. The largest absolute Gasteiger partial charge is 0.497 e. The number of ether oxygens (including phenoxy) is 1. The number of Topliss-reactive ketones (excluding diaryl/α,β-unsaturated/α-hetero) is 1. The zero-order chi connectivity index (χ0) is 12.0. The molecule has 1 aromatic rings. The van der Waals surface area contributed by atoms with E-state index in [4.69, 9.17) is 10.00 Å². The quantitative estimate of drug-likeness (QED) is 0.753. The summed E-state index contributed by atoms with van der Waals surface area (Å²) in [5, 5.41) is 8.38. The second-order valence-electron chi connectivity index (χ2n) is 3.43. The maximum atomic E-state index is 11.3. The fourth-order valence-electron chi connectivity index (χ4n) is 1.34. The predicted octanol–water partition coefficient (Wildman–Crippen LogP) is 1.61. The van der Waals surface area contributed by atoms with E-state index in [1.54, 1.807) is 12.0 Å². The van der Waals surface area contributed by atoms with Crippen LogP contribution in [0.2, 0.25) is 0 Å². The van der Waals surface area contributed by atoms with Crippen LogP contribution in [-0.4, -0.2) is 26.5 Å². The third-order valence-electron chi connectivity index (χ3n) is 2.20. The number of hydrogen-bond acceptors (Lipinski definition) is 4. The number of rotatable bonds is 5. The molecule has 0 radical (unpaired) electrons. The van der Waals surface area contributed by atoms with E-state index in [0.29, 0.717) is 0 Å². The van der Waals surface area contributed by atoms with E-state index in [2.05, 4.69) is 0 Å². The highest BCUT2D eigenvalue weighted by Crippen LogP contribution is 2.17. The Labute approximate surface area is 95.0 Å². The van der Waals surface area contributed by atoms with Crippen LogP contribution < -0.4 is 9.64 Å². The van der Waals surface area contributed by atoms with Crippen LogP contribution in [0.3, 0.4) is 0 Å². The van der Waals surface area contributed by atoms with E-state index in [1.807, 2.05) is 37.4 Å². The highest BCUT2D eigenvalue weighted by molar-refractivity contribution is 5.85. The SMILES string of the molecule is COc1ccc(N(C)CC(=O)CC#N)cc1. The molecule has 0 aliphatic rings. The first-order valence-electron chi connectivity index (χ1n) is 4.91. The Kier molecular flexibility index (Phi) is 4.34. The Morgan fingerprint density at radius 3 is 2.56 bits per heavy atom. The van der Waals surface area contributed by atoms with Crippen molar-refractivity contribution in [2.24, 2.45) is 0 Å². The Bertz CT molecular complexity index is 392. The van der Waals surface area contributed by atoms with Crippen molar-refractivity contribution in [1.29, 1.82) is 5.26 Å². The molecule has 4 heteroatoms. The summed E-state index contributed by atoms with van der Waals surface area (Å²) in [6.45, 7) is 0.250. The number of likely N-dealkylation sites (N-methyl/N-ethyl adjacent to an activating group) is 1. The smallest absolute Gasteiger partial charge is 0.166 e. The molecule has 0 fully saturated rings. The second kappa shape index (κ2) is 5.76. The monoisotopic (exact) mass is 218 g/mol. The third-order valence-corrected chi connectivity index (χ3v) is 2.20. The lowest BCUT2D eigenvalue weighted by molar-refractivity contribution is -0.116. The van der Waals surface area contributed by atoms with Gasteiger partial charge >= 0.3 is 0 Å². The molecule has 0 aliphatic carbocycles. The van der Waals surface area contributed by atoms with Crippen LogP contribution in [0.5, 0.6) is 5.75 Å². The van der Waals surface area contributed by atoms with Gasteiger partial charge in [0.2, 0.25) is 0 Å². The molecule has 0 saturated heterocycles. The molecule has 0 amide bonds. The van der Waals surface area contributed by atoms with Gasteiger partial charge in [0, 0.05) is 12.7 Å². The Morgan fingerprint density at radius 1 is 1.44 bits per heavy atom. The van der Waals surface area contributed by atoms with Gasteiger partial charge in [0.25, 0.3) is 0 Å². The first-order chi connectivity index (χ1) is 7.67. The Balaban J connectivity index is 2.62. The molecule has 1 aromatic carbocycles. The van der Waals surface area contributed by atoms with Crippen molar-refractivity contribution in [3.63, 3.8) is 0 Å². The van der Waals surface area contributed by atoms with Gasteiger partial charge in [0.1, 0.15) is 5.75 Å². The molecular weight excluding hydrogens is 204 g/mol. The van der Waals surface area contributed by atoms with E-state index in [9.17, 15) is 4.79 Å². The summed E-state index contributed by atoms with van der Waals surface area (Å²) < 4.78 is 5.04. The number of anilines is 1. The molecule has 0 unspecified atom stereocenters. The number of methoxy groups -OCH3 is 1. The molecule has 0 aromatic heterocycles. The highest BCUT2D eigenvalue weighted by atomic mass is 16.5. The lowest BCUT2D eigenvalue weighted by Gasteiger charge is -2.17. The van der Waals surface area contributed by atoms with Crippen LogP contribution in [0.4, 0.5) is 5.69 Å². The first kappa shape index (κ1) is 12.1. The fraction of sp³-hybridized carbons (Fsp3) is 0.333. The summed E-state index contributed by atoms with van der Waals surface area (Å²) in [5.41, 5.74) is 0.923. The van der Waals surface area contributed by atoms with E-state index >= 15 is 0 Å². The fourth-order valence-corrected chi connectivity index (χ4v) is 1.34. The molecule has 0 aliphatic heterocycles. The van der Waals surface area contributed by atoms with Crippen molar-refractivity contribution in [2.75, 3.05) is 25.6 Å². The van der Waals surface area contributed by atoms with Crippen molar-refractivity contribution < 1.29 is 9.53 Å². The van der Waals surface area contributed by atoms with Crippen LogP contribution in [0, 0.1) is 11.3 Å². The molecule has 0 N–H and O–H groups in total. The maximum absolute atomic E-state index is 11.3. The summed E-state index contributed by atoms with van der Waals surface area (Å²) in [4.78, 5) is 13.1. The Morgan fingerprint density at radius 2 is 2.06 bits per heavy atom. The van der Waals surface area contributed by atoms with Crippen molar-refractivity contribution in [2.45, 2.75) is 6.42 Å². The number of hydrogen-bond donors (Lipinski definition) is 0. The molecule has 0 heterocycles. The molecule has 16 heavy (non-hydrogen) atoms. The lowest BCUT2D eigenvalue weighted by Crippen LogP contribution is -2.25. The third kappa shape index (κ3) is 3.28. The topological polar surface area (TPSA) is 53.3 Å². The van der Waals surface area contributed by atoms with Crippen molar-refractivity contribution >= 4 is 11.5 Å². The van der Waals surface area contributed by atoms with Gasteiger partial charge in [-0.05, 0) is 24.3 Å². The van der Waals surface area contributed by atoms with Gasteiger partial charge in [-0.3, -0.25) is 4.79 Å². The van der Waals surface area contributed by atoms with E-state index in [0.717, 1.165) is 11.4 Å². The van der Waals surface area contributed by atoms with Gasteiger partial charge in [-0.1, -0.05) is 0 Å². The zero-order valence-electron chi connectivity index (χ0n) is 9.43. The minimum atomic E-state index is -0.0826. The summed E-state index contributed by atoms with van der Waals surface area (Å²) in [6.07, 6.45) is -0.0412. The number of benzene rings is 1. The van der Waals surface area contributed by atoms with Gasteiger partial charge in [-0.2, -0.15) is 5.26 Å². The minimum Gasteiger partial charge on any atom is -0.497 e. The number of ketones is 1. The van der Waals surface area contributed by atoms with Gasteiger partial charge < -0.3 is 9.64 Å². The highest BCUT2D eigenvalue weighted by Gasteiger charge is 2.06. The van der Waals surface area contributed by atoms with E-state index < -0.39 is 0 Å². The van der Waals surface area contributed by atoms with Crippen molar-refractivity contribution in [3.05, 3.63) is 24.3 Å². The molecule has 0 atom stereocenters. The average molecular weight is 218 g/mol. The molecule has 1 rings (SSSR count). The summed E-state index contributed by atoms with van der Waals surface area (Å²) in [5.74, 6) is 0.696. The Hall–Kier alpha value is -2.02. The van der Waals surface area contributed by atoms with E-state index in [-0.39, 0.29) is 18.7 Å². The lowest BCUT2D eigenvalue weighted by atomic mass is 10.2. The average Bonchev–Trinajstić information content (AvgIpc) is 2.29. The molecular formula is C12H14N2O2. The minimum absolute atomic E-state index is 0.0412. The van der Waals surface area contributed by atoms with Crippen LogP contribution in [-0.2, 0) is 4.79 Å². The number of carbonyl (C=O) groups is 1. The van der Waals surface area contributed by atoms with Crippen LogP contribution in [0.25, 0.3) is 0 Å². The summed E-state index contributed by atoms with van der Waals surface area (Å²) >= 11 is 0. The molecule has 0 spiro atoms. The van der Waals surface area contributed by atoms with Crippen molar-refractivity contribution in [1.82, 2.24) is 0 Å². The summed E-state index contributed by atoms with van der Waals surface area (Å²) in [6, 6.07) is 9.26. The standard InChI is InChI=1S/C12H14N2O2/c1-14(9-11(15)7-8-13)10-3-5-12(16-2)6-4-10/h3-6H,7,9H2,1-2H3. The maximum Gasteiger partial charge on any atom is 0.166 e.